The Kier molecular flexibility index (Phi) is 27.6. The number of hydrogen-bond acceptors (Lipinski definition) is 3. The predicted molar refractivity (Wildman–Crippen MR) is 12.2 cm³/mol. The Morgan fingerprint density at radius 3 is 1.33 bits per heavy atom. The first-order chi connectivity index (χ1) is 1.73. The average molecular weight is 155 g/mol. The Bertz CT molecular complexity index is 33.8. The summed E-state index contributed by atoms with van der Waals surface area (Å²) < 4.78 is 8.52. The minimum absolute atomic E-state index is 0. The Morgan fingerprint density at radius 2 is 1.33 bits per heavy atom. The minimum atomic E-state index is -3.63. The van der Waals surface area contributed by atoms with Crippen molar-refractivity contribution < 1.29 is 65.4 Å². The van der Waals surface area contributed by atoms with Gasteiger partial charge in [-0.15, -0.1) is 0 Å². The van der Waals surface area contributed by atoms with Crippen LogP contribution in [0.15, 0.2) is 0 Å². The molecule has 0 aliphatic heterocycles. The van der Waals surface area contributed by atoms with Crippen LogP contribution in [0, 0.1) is 0 Å². The van der Waals surface area contributed by atoms with Crippen LogP contribution >= 0.6 is 0 Å². The quantitative estimate of drug-likeness (QED) is 0.327. The molecule has 0 amide bonds. The van der Waals surface area contributed by atoms with Crippen molar-refractivity contribution in [2.24, 2.45) is 0 Å². The summed E-state index contributed by atoms with van der Waals surface area (Å²) in [6.07, 6.45) is 0. The molecule has 0 aromatic carbocycles. The minimum Gasteiger partial charge on any atom is -0.672 e. The third kappa shape index (κ3) is 31.3. The molecule has 0 saturated heterocycles. The maximum atomic E-state index is 8.52. The van der Waals surface area contributed by atoms with Gasteiger partial charge >= 0.3 is 89.1 Å². The van der Waals surface area contributed by atoms with E-state index in [2.05, 4.69) is 0 Å². The maximum Gasteiger partial charge on any atom is 2.00 e. The summed E-state index contributed by atoms with van der Waals surface area (Å²) >= 11 is 0. The van der Waals surface area contributed by atoms with E-state index in [1.54, 1.807) is 0 Å². The van der Waals surface area contributed by atoms with E-state index < -0.39 is 9.17 Å². The molecule has 6 heteroatoms. The predicted octanol–water partition coefficient (Wildman–Crippen LogP) is -6.25. The van der Waals surface area contributed by atoms with Crippen molar-refractivity contribution in [2.45, 2.75) is 0 Å². The monoisotopic (exact) mass is 155 g/mol. The summed E-state index contributed by atoms with van der Waals surface area (Å²) in [5.74, 6) is 0. The fourth-order valence-electron chi connectivity index (χ4n) is 0. The molecule has 0 aliphatic rings. The van der Waals surface area contributed by atoms with Gasteiger partial charge in [-0.3, -0.25) is 0 Å². The fraction of sp³-hybridized carbons (Fsp3) is 0. The molecule has 0 bridgehead atoms. The van der Waals surface area contributed by atoms with E-state index in [4.69, 9.17) is 14.1 Å². The summed E-state index contributed by atoms with van der Waals surface area (Å²) in [7, 11) is -3.63. The topological polar surface area (TPSA) is 63.2 Å². The average Bonchev–Trinajstić information content (AvgIpc) is 0.811. The molecule has 6 heavy (non-hydrogen) atoms. The molecule has 0 unspecified atom stereocenters. The van der Waals surface area contributed by atoms with E-state index in [9.17, 15) is 0 Å². The maximum absolute atomic E-state index is 8.52. The molecular weight excluding hydrogens is 155 g/mol. The van der Waals surface area contributed by atoms with Gasteiger partial charge in [0.2, 0.25) is 0 Å². The Morgan fingerprint density at radius 1 is 1.33 bits per heavy atom. The molecule has 0 aliphatic carbocycles. The van der Waals surface area contributed by atoms with Gasteiger partial charge in [0.1, 0.15) is 0 Å². The van der Waals surface area contributed by atoms with E-state index in [1.807, 2.05) is 0 Å². The van der Waals surface area contributed by atoms with Crippen LogP contribution in [0.5, 0.6) is 0 Å². The third-order valence-corrected chi connectivity index (χ3v) is 0. The van der Waals surface area contributed by atoms with Crippen molar-refractivity contribution in [1.82, 2.24) is 0 Å². The second kappa shape index (κ2) is 10.5. The summed E-state index contributed by atoms with van der Waals surface area (Å²) in [5.41, 5.74) is 0. The van der Waals surface area contributed by atoms with E-state index >= 15 is 0 Å². The molecular formula is CaKO3Si+. The zero-order valence-corrected chi connectivity index (χ0v) is 9.76. The van der Waals surface area contributed by atoms with Crippen molar-refractivity contribution in [3.8, 4) is 0 Å². The normalized spacial score (nSPS) is 4.00. The number of rotatable bonds is 0. The van der Waals surface area contributed by atoms with E-state index in [0.29, 0.717) is 0 Å². The molecule has 0 N–H and O–H groups in total. The SMILES string of the molecule is O=[Si]([O-])[O-].[Ca+2].[K+]. The van der Waals surface area contributed by atoms with Crippen LogP contribution in [-0.4, -0.2) is 46.9 Å². The molecule has 24 valence electrons. The molecule has 0 radical (unpaired) electrons. The van der Waals surface area contributed by atoms with Crippen LogP contribution in [0.25, 0.3) is 0 Å². The molecule has 0 spiro atoms. The fourth-order valence-corrected chi connectivity index (χ4v) is 0. The first-order valence-corrected chi connectivity index (χ1v) is 1.84. The summed E-state index contributed by atoms with van der Waals surface area (Å²) in [6, 6.07) is 0. The van der Waals surface area contributed by atoms with Gasteiger partial charge in [0, 0.05) is 9.17 Å². The van der Waals surface area contributed by atoms with Crippen LogP contribution in [0.3, 0.4) is 0 Å². The molecule has 0 rings (SSSR count). The first-order valence-electron chi connectivity index (χ1n) is 0.612. The number of hydrogen-bond donors (Lipinski definition) is 0. The Balaban J connectivity index is -0.0000000450. The van der Waals surface area contributed by atoms with Crippen LogP contribution in [-0.2, 0) is 4.46 Å². The second-order valence-electron chi connectivity index (χ2n) is 0.250. The Labute approximate surface area is 109 Å². The summed E-state index contributed by atoms with van der Waals surface area (Å²) in [4.78, 5) is 17.0. The zero-order valence-electron chi connectivity index (χ0n) is 3.43. The van der Waals surface area contributed by atoms with Crippen molar-refractivity contribution in [2.75, 3.05) is 0 Å². The molecule has 0 heterocycles. The summed E-state index contributed by atoms with van der Waals surface area (Å²) in [6.45, 7) is 0. The second-order valence-corrected chi connectivity index (χ2v) is 0.750. The van der Waals surface area contributed by atoms with Gasteiger partial charge in [0.05, 0.1) is 0 Å². The van der Waals surface area contributed by atoms with Gasteiger partial charge < -0.3 is 14.1 Å². The summed E-state index contributed by atoms with van der Waals surface area (Å²) in [5, 5.41) is 0. The van der Waals surface area contributed by atoms with Crippen molar-refractivity contribution in [1.29, 1.82) is 0 Å². The van der Waals surface area contributed by atoms with Crippen LogP contribution in [0.2, 0.25) is 0 Å². The van der Waals surface area contributed by atoms with Crippen molar-refractivity contribution in [3.05, 3.63) is 0 Å². The Hall–Kier alpha value is 2.51. The van der Waals surface area contributed by atoms with E-state index in [0.717, 1.165) is 0 Å². The molecule has 0 atom stereocenters. The van der Waals surface area contributed by atoms with Gasteiger partial charge in [-0.25, -0.2) is 0 Å². The standard InChI is InChI=1S/Ca.K.O3Si/c;;1-4(2)3/q+2;+1;-2. The van der Waals surface area contributed by atoms with Gasteiger partial charge in [0.15, 0.2) is 0 Å². The van der Waals surface area contributed by atoms with Crippen LogP contribution < -0.4 is 61.0 Å². The first kappa shape index (κ1) is 15.8. The smallest absolute Gasteiger partial charge is 0.672 e. The molecule has 0 aromatic heterocycles. The van der Waals surface area contributed by atoms with Gasteiger partial charge in [-0.05, 0) is 0 Å². The van der Waals surface area contributed by atoms with Crippen molar-refractivity contribution in [3.63, 3.8) is 0 Å². The zero-order chi connectivity index (χ0) is 3.58. The van der Waals surface area contributed by atoms with Crippen LogP contribution in [0.4, 0.5) is 0 Å². The molecule has 3 nitrogen and oxygen atoms in total. The molecule has 0 fully saturated rings. The van der Waals surface area contributed by atoms with Gasteiger partial charge in [-0.2, -0.15) is 0 Å². The van der Waals surface area contributed by atoms with E-state index in [-0.39, 0.29) is 89.1 Å². The van der Waals surface area contributed by atoms with Gasteiger partial charge in [0.25, 0.3) is 0 Å². The molecule has 0 aromatic rings. The molecule has 0 saturated carbocycles. The largest absolute Gasteiger partial charge is 2.00 e. The van der Waals surface area contributed by atoms with Crippen molar-refractivity contribution >= 4 is 46.9 Å². The van der Waals surface area contributed by atoms with Crippen LogP contribution in [0.1, 0.15) is 0 Å². The third-order valence-electron chi connectivity index (χ3n) is 0. The van der Waals surface area contributed by atoms with Gasteiger partial charge in [-0.1, -0.05) is 0 Å². The van der Waals surface area contributed by atoms with E-state index in [1.165, 1.54) is 0 Å².